The van der Waals surface area contributed by atoms with E-state index < -0.39 is 0 Å². The number of carbonyl (C=O) groups excluding carboxylic acids is 3. The van der Waals surface area contributed by atoms with Crippen molar-refractivity contribution in [3.8, 4) is 5.75 Å². The number of allylic oxidation sites excluding steroid dienone is 1. The number of nitrogens with zero attached hydrogens (tertiary/aromatic N) is 7. The summed E-state index contributed by atoms with van der Waals surface area (Å²) in [7, 11) is 6.00. The molecule has 14 heteroatoms. The number of carbonyl (C=O) groups is 3. The average Bonchev–Trinajstić information content (AvgIpc) is 3.88. The molecule has 2 amide bonds. The van der Waals surface area contributed by atoms with Gasteiger partial charge < -0.3 is 35.0 Å². The fraction of sp³-hybridized carbons (Fsp3) is 0.558. The lowest BCUT2D eigenvalue weighted by molar-refractivity contribution is -0.134. The number of nitrogens with one attached hydrogen (secondary N) is 3. The fourth-order valence-corrected chi connectivity index (χ4v) is 8.87. The molecular formula is C43H60N10O4. The normalized spacial score (nSPS) is 23.5. The third-order valence-corrected chi connectivity index (χ3v) is 11.8. The van der Waals surface area contributed by atoms with Crippen LogP contribution in [0.25, 0.3) is 0 Å². The number of hydrogen-bond donors (Lipinski definition) is 3. The maximum Gasteiger partial charge on any atom is 0.234 e. The van der Waals surface area contributed by atoms with Crippen molar-refractivity contribution >= 4 is 35.6 Å². The fourth-order valence-electron chi connectivity index (χ4n) is 8.87. The smallest absolute Gasteiger partial charge is 0.234 e. The largest absolute Gasteiger partial charge is 0.494 e. The summed E-state index contributed by atoms with van der Waals surface area (Å²) in [4.78, 5) is 57.1. The number of piperazine rings is 1. The molecule has 5 aliphatic heterocycles. The molecule has 2 atom stereocenters. The number of aldehydes is 1. The van der Waals surface area contributed by atoms with Crippen LogP contribution in [0.1, 0.15) is 69.3 Å². The minimum Gasteiger partial charge on any atom is -0.494 e. The number of likely N-dealkylation sites (tertiary alicyclic amines) is 1. The van der Waals surface area contributed by atoms with E-state index in [1.165, 1.54) is 25.7 Å². The van der Waals surface area contributed by atoms with Crippen molar-refractivity contribution in [1.29, 1.82) is 0 Å². The molecule has 0 spiro atoms. The van der Waals surface area contributed by atoms with Gasteiger partial charge in [0.1, 0.15) is 11.6 Å². The Labute approximate surface area is 337 Å². The minimum absolute atomic E-state index is 0.172. The third kappa shape index (κ3) is 10.4. The van der Waals surface area contributed by atoms with E-state index in [9.17, 15) is 14.4 Å². The van der Waals surface area contributed by atoms with Crippen LogP contribution >= 0.6 is 0 Å². The highest BCUT2D eigenvalue weighted by molar-refractivity contribution is 6.01. The van der Waals surface area contributed by atoms with E-state index in [0.29, 0.717) is 37.5 Å². The summed E-state index contributed by atoms with van der Waals surface area (Å²) < 4.78 is 6.06. The molecular weight excluding hydrogens is 721 g/mol. The lowest BCUT2D eigenvalue weighted by Crippen LogP contribution is -2.53. The predicted molar refractivity (Wildman–Crippen MR) is 223 cm³/mol. The first-order valence-electron chi connectivity index (χ1n) is 20.9. The van der Waals surface area contributed by atoms with E-state index in [4.69, 9.17) is 14.7 Å². The van der Waals surface area contributed by atoms with Gasteiger partial charge in [0.25, 0.3) is 0 Å². The molecule has 0 bridgehead atoms. The lowest BCUT2D eigenvalue weighted by atomic mass is 9.90. The van der Waals surface area contributed by atoms with Crippen LogP contribution in [-0.2, 0) is 14.4 Å². The zero-order valence-corrected chi connectivity index (χ0v) is 33.9. The maximum absolute atomic E-state index is 12.3. The van der Waals surface area contributed by atoms with Crippen molar-refractivity contribution in [1.82, 2.24) is 35.2 Å². The van der Waals surface area contributed by atoms with Crippen molar-refractivity contribution in [3.63, 3.8) is 0 Å². The van der Waals surface area contributed by atoms with Gasteiger partial charge in [-0.2, -0.15) is 0 Å². The molecule has 2 aromatic rings. The molecule has 57 heavy (non-hydrogen) atoms. The topological polar surface area (TPSA) is 138 Å². The molecule has 1 aromatic heterocycles. The first-order valence-corrected chi connectivity index (χ1v) is 20.9. The molecule has 1 saturated carbocycles. The molecule has 2 unspecified atom stereocenters. The number of aromatic nitrogens is 1. The van der Waals surface area contributed by atoms with Gasteiger partial charge in [-0.3, -0.25) is 24.6 Å². The Bertz CT molecular complexity index is 1790. The molecule has 6 heterocycles. The monoisotopic (exact) mass is 780 g/mol. The molecule has 8 rings (SSSR count). The number of ether oxygens (including phenoxy) is 1. The van der Waals surface area contributed by atoms with Crippen molar-refractivity contribution in [2.24, 2.45) is 4.99 Å². The summed E-state index contributed by atoms with van der Waals surface area (Å²) in [5.41, 5.74) is 3.79. The van der Waals surface area contributed by atoms with Gasteiger partial charge in [-0.05, 0) is 109 Å². The van der Waals surface area contributed by atoms with Crippen molar-refractivity contribution in [3.05, 3.63) is 71.7 Å². The Kier molecular flexibility index (Phi) is 13.5. The van der Waals surface area contributed by atoms with Crippen LogP contribution in [0.2, 0.25) is 0 Å². The highest BCUT2D eigenvalue weighted by Crippen LogP contribution is 2.36. The summed E-state index contributed by atoms with van der Waals surface area (Å²) in [6, 6.07) is 12.9. The van der Waals surface area contributed by atoms with E-state index in [-0.39, 0.29) is 23.9 Å². The Morgan fingerprint density at radius 1 is 0.947 bits per heavy atom. The summed E-state index contributed by atoms with van der Waals surface area (Å²) >= 11 is 0. The standard InChI is InChI=1S/C40H51N9O4.C3H9N/c50-27-33-23-29-25-42-40(45-38(29)49(33)31-6-1-2-7-31)43-36-11-9-32(26-41-36)48-20-18-47(19-21-48)30-13-16-46(17-14-30)15-4-22-53-34-8-3-5-28(24-34)35-10-12-37(51)44-39(35)52;1-4(2)3/h3,5,8-9,11,23-27,30-31,35,38H,1-2,4,6-7,10,12-22H2,(H,44,51,52)(H2,41,42,43,45);1-3H3. The number of fused-ring (bicyclic) bond motifs is 1. The highest BCUT2D eigenvalue weighted by Gasteiger charge is 2.38. The number of amides is 2. The summed E-state index contributed by atoms with van der Waals surface area (Å²) in [5.74, 6) is 1.45. The number of pyridine rings is 1. The van der Waals surface area contributed by atoms with Gasteiger partial charge in [0.15, 0.2) is 12.5 Å². The quantitative estimate of drug-likeness (QED) is 0.174. The number of rotatable bonds is 11. The second kappa shape index (κ2) is 19.1. The van der Waals surface area contributed by atoms with E-state index >= 15 is 0 Å². The SMILES string of the molecule is CN(C)C.O=CC1=CC2=CNC(Nc3ccc(N4CCN(C5CCN(CCCOc6cccc(C7CCC(=O)NC7=O)c6)CC5)CC4)cn3)=NC2N1C1CCCC1. The summed E-state index contributed by atoms with van der Waals surface area (Å²) in [5, 5.41) is 9.04. The third-order valence-electron chi connectivity index (χ3n) is 11.8. The lowest BCUT2D eigenvalue weighted by Gasteiger charge is -2.43. The zero-order chi connectivity index (χ0) is 39.7. The van der Waals surface area contributed by atoms with Gasteiger partial charge in [0, 0.05) is 63.0 Å². The maximum atomic E-state index is 12.3. The number of guanidine groups is 1. The Morgan fingerprint density at radius 3 is 2.42 bits per heavy atom. The van der Waals surface area contributed by atoms with Gasteiger partial charge >= 0.3 is 0 Å². The molecule has 306 valence electrons. The van der Waals surface area contributed by atoms with Gasteiger partial charge in [0.05, 0.1) is 30.1 Å². The van der Waals surface area contributed by atoms with Crippen LogP contribution in [0.3, 0.4) is 0 Å². The van der Waals surface area contributed by atoms with Crippen molar-refractivity contribution < 1.29 is 19.1 Å². The number of anilines is 2. The van der Waals surface area contributed by atoms with Gasteiger partial charge in [-0.25, -0.2) is 9.98 Å². The molecule has 14 nitrogen and oxygen atoms in total. The van der Waals surface area contributed by atoms with Crippen molar-refractivity contribution in [2.45, 2.75) is 82.0 Å². The molecule has 3 saturated heterocycles. The van der Waals surface area contributed by atoms with Crippen LogP contribution in [0.5, 0.6) is 5.75 Å². The molecule has 1 aromatic carbocycles. The van der Waals surface area contributed by atoms with Crippen LogP contribution in [-0.4, -0.2) is 140 Å². The van der Waals surface area contributed by atoms with Crippen molar-refractivity contribution in [2.75, 3.05) is 83.8 Å². The molecule has 6 aliphatic rings. The average molecular weight is 781 g/mol. The predicted octanol–water partition coefficient (Wildman–Crippen LogP) is 3.76. The first kappa shape index (κ1) is 40.4. The second-order valence-electron chi connectivity index (χ2n) is 16.4. The molecule has 0 radical (unpaired) electrons. The Hall–Kier alpha value is -4.79. The molecule has 1 aliphatic carbocycles. The zero-order valence-electron chi connectivity index (χ0n) is 33.9. The Morgan fingerprint density at radius 2 is 1.72 bits per heavy atom. The number of hydrogen-bond acceptors (Lipinski definition) is 13. The van der Waals surface area contributed by atoms with E-state index in [1.54, 1.807) is 0 Å². The van der Waals surface area contributed by atoms with E-state index in [2.05, 4.69) is 41.6 Å². The number of aliphatic imine (C=N–C) groups is 1. The van der Waals surface area contributed by atoms with Crippen LogP contribution in [0, 0.1) is 0 Å². The van der Waals surface area contributed by atoms with E-state index in [0.717, 1.165) is 105 Å². The number of benzene rings is 1. The van der Waals surface area contributed by atoms with Crippen LogP contribution < -0.4 is 25.6 Å². The molecule has 4 fully saturated rings. The molecule has 3 N–H and O–H groups in total. The van der Waals surface area contributed by atoms with Gasteiger partial charge in [0.2, 0.25) is 17.8 Å². The van der Waals surface area contributed by atoms with Gasteiger partial charge in [-0.1, -0.05) is 25.0 Å². The highest BCUT2D eigenvalue weighted by atomic mass is 16.5. The van der Waals surface area contributed by atoms with Gasteiger partial charge in [-0.15, -0.1) is 0 Å². The summed E-state index contributed by atoms with van der Waals surface area (Å²) in [6.45, 7) is 7.97. The van der Waals surface area contributed by atoms with E-state index in [1.807, 2.05) is 74.8 Å². The second-order valence-corrected chi connectivity index (χ2v) is 16.4. The minimum atomic E-state index is -0.293. The van der Waals surface area contributed by atoms with Crippen LogP contribution in [0.4, 0.5) is 11.5 Å². The summed E-state index contributed by atoms with van der Waals surface area (Å²) in [6.07, 6.45) is 15.5. The Balaban J connectivity index is 0.00000119. The number of piperidine rings is 2. The van der Waals surface area contributed by atoms with Crippen LogP contribution in [0.15, 0.2) is 71.1 Å². The number of imide groups is 1. The first-order chi connectivity index (χ1) is 27.7.